The third kappa shape index (κ3) is 1.65. The van der Waals surface area contributed by atoms with Crippen LogP contribution in [0.15, 0.2) is 24.3 Å². The highest BCUT2D eigenvalue weighted by atomic mass is 16.2. The van der Waals surface area contributed by atoms with Gasteiger partial charge >= 0.3 is 0 Å². The average molecular weight is 229 g/mol. The van der Waals surface area contributed by atoms with Gasteiger partial charge in [0.15, 0.2) is 0 Å². The highest BCUT2D eigenvalue weighted by Gasteiger charge is 2.25. The van der Waals surface area contributed by atoms with Crippen molar-refractivity contribution < 1.29 is 4.79 Å². The van der Waals surface area contributed by atoms with Gasteiger partial charge in [-0.2, -0.15) is 9.78 Å². The standard InChI is InChI=1S/C13H15N3O/c1-9-10-5-2-3-7-12(10)16(15-9)13(17)11-6-4-8-14-11/h2-3,5,7,11,14H,4,6,8H2,1H3/t11-/m0/s1. The molecule has 3 rings (SSSR count). The fourth-order valence-electron chi connectivity index (χ4n) is 2.43. The molecule has 2 heterocycles. The number of nitrogens with one attached hydrogen (secondary N) is 1. The van der Waals surface area contributed by atoms with E-state index in [1.54, 1.807) is 4.68 Å². The molecule has 1 N–H and O–H groups in total. The maximum Gasteiger partial charge on any atom is 0.264 e. The Morgan fingerprint density at radius 1 is 1.47 bits per heavy atom. The number of aryl methyl sites for hydroxylation is 1. The third-order valence-electron chi connectivity index (χ3n) is 3.34. The summed E-state index contributed by atoms with van der Waals surface area (Å²) < 4.78 is 1.55. The second-order valence-electron chi connectivity index (χ2n) is 4.50. The highest BCUT2D eigenvalue weighted by molar-refractivity contribution is 5.94. The van der Waals surface area contributed by atoms with Crippen molar-refractivity contribution in [1.82, 2.24) is 15.1 Å². The van der Waals surface area contributed by atoms with Crippen LogP contribution >= 0.6 is 0 Å². The van der Waals surface area contributed by atoms with E-state index in [1.165, 1.54) is 0 Å². The van der Waals surface area contributed by atoms with E-state index in [1.807, 2.05) is 31.2 Å². The Balaban J connectivity index is 2.08. The zero-order chi connectivity index (χ0) is 11.8. The molecule has 0 unspecified atom stereocenters. The van der Waals surface area contributed by atoms with E-state index in [-0.39, 0.29) is 11.9 Å². The minimum Gasteiger partial charge on any atom is -0.306 e. The molecule has 88 valence electrons. The molecular formula is C13H15N3O. The second kappa shape index (κ2) is 3.96. The molecule has 1 atom stereocenters. The number of para-hydroxylation sites is 1. The molecule has 2 aromatic rings. The predicted octanol–water partition coefficient (Wildman–Crippen LogP) is 1.74. The first-order chi connectivity index (χ1) is 8.27. The van der Waals surface area contributed by atoms with Crippen molar-refractivity contribution in [3.05, 3.63) is 30.0 Å². The Morgan fingerprint density at radius 3 is 3.06 bits per heavy atom. The van der Waals surface area contributed by atoms with Crippen molar-refractivity contribution in [2.75, 3.05) is 6.54 Å². The minimum atomic E-state index is -0.0716. The van der Waals surface area contributed by atoms with Crippen molar-refractivity contribution in [2.45, 2.75) is 25.8 Å². The van der Waals surface area contributed by atoms with Gasteiger partial charge in [-0.1, -0.05) is 18.2 Å². The maximum atomic E-state index is 12.3. The summed E-state index contributed by atoms with van der Waals surface area (Å²) in [4.78, 5) is 12.3. The van der Waals surface area contributed by atoms with Crippen LogP contribution in [0.25, 0.3) is 10.9 Å². The Kier molecular flexibility index (Phi) is 2.44. The van der Waals surface area contributed by atoms with Crippen molar-refractivity contribution in [2.24, 2.45) is 0 Å². The lowest BCUT2D eigenvalue weighted by atomic mass is 10.2. The molecule has 1 aliphatic rings. The van der Waals surface area contributed by atoms with Gasteiger partial charge in [-0.15, -0.1) is 0 Å². The van der Waals surface area contributed by atoms with Gasteiger partial charge in [0.2, 0.25) is 0 Å². The third-order valence-corrected chi connectivity index (χ3v) is 3.34. The van der Waals surface area contributed by atoms with Gasteiger partial charge in [0.25, 0.3) is 5.91 Å². The lowest BCUT2D eigenvalue weighted by Crippen LogP contribution is -2.35. The van der Waals surface area contributed by atoms with E-state index in [4.69, 9.17) is 0 Å². The molecule has 0 radical (unpaired) electrons. The minimum absolute atomic E-state index is 0.0619. The van der Waals surface area contributed by atoms with Gasteiger partial charge in [-0.25, -0.2) is 0 Å². The number of carbonyl (C=O) groups is 1. The predicted molar refractivity (Wildman–Crippen MR) is 66.1 cm³/mol. The molecule has 4 heteroatoms. The summed E-state index contributed by atoms with van der Waals surface area (Å²) in [5.74, 6) is 0.0619. The highest BCUT2D eigenvalue weighted by Crippen LogP contribution is 2.19. The Morgan fingerprint density at radius 2 is 2.29 bits per heavy atom. The van der Waals surface area contributed by atoms with Gasteiger partial charge in [0.1, 0.15) is 0 Å². The molecule has 1 saturated heterocycles. The summed E-state index contributed by atoms with van der Waals surface area (Å²) in [6, 6.07) is 7.79. The molecule has 1 aliphatic heterocycles. The first-order valence-corrected chi connectivity index (χ1v) is 5.99. The fraction of sp³-hybridized carbons (Fsp3) is 0.385. The molecule has 0 bridgehead atoms. The first kappa shape index (κ1) is 10.5. The van der Waals surface area contributed by atoms with Gasteiger partial charge in [0.05, 0.1) is 17.3 Å². The van der Waals surface area contributed by atoms with Gasteiger partial charge < -0.3 is 5.32 Å². The van der Waals surface area contributed by atoms with Crippen molar-refractivity contribution in [3.63, 3.8) is 0 Å². The lowest BCUT2D eigenvalue weighted by molar-refractivity contribution is 0.0859. The van der Waals surface area contributed by atoms with E-state index < -0.39 is 0 Å². The average Bonchev–Trinajstić information content (AvgIpc) is 2.97. The van der Waals surface area contributed by atoms with Gasteiger partial charge in [-0.3, -0.25) is 4.79 Å². The van der Waals surface area contributed by atoms with E-state index in [2.05, 4.69) is 10.4 Å². The van der Waals surface area contributed by atoms with E-state index >= 15 is 0 Å². The summed E-state index contributed by atoms with van der Waals surface area (Å²) in [5.41, 5.74) is 1.82. The summed E-state index contributed by atoms with van der Waals surface area (Å²) in [6.45, 7) is 2.86. The number of aromatic nitrogens is 2. The molecule has 17 heavy (non-hydrogen) atoms. The number of nitrogens with zero attached hydrogens (tertiary/aromatic N) is 2. The Bertz CT molecular complexity index is 567. The normalized spacial score (nSPS) is 19.9. The van der Waals surface area contributed by atoms with Crippen LogP contribution in [0.5, 0.6) is 0 Å². The summed E-state index contributed by atoms with van der Waals surface area (Å²) in [7, 11) is 0. The van der Waals surface area contributed by atoms with Crippen LogP contribution in [0, 0.1) is 6.92 Å². The molecule has 1 aromatic heterocycles. The van der Waals surface area contributed by atoms with Crippen LogP contribution in [0.4, 0.5) is 0 Å². The van der Waals surface area contributed by atoms with Crippen LogP contribution in [0.3, 0.4) is 0 Å². The Hall–Kier alpha value is -1.68. The number of carbonyl (C=O) groups excluding carboxylic acids is 1. The number of hydrogen-bond acceptors (Lipinski definition) is 3. The topological polar surface area (TPSA) is 46.9 Å². The molecular weight excluding hydrogens is 214 g/mol. The zero-order valence-electron chi connectivity index (χ0n) is 9.81. The summed E-state index contributed by atoms with van der Waals surface area (Å²) in [6.07, 6.45) is 1.97. The molecule has 0 spiro atoms. The van der Waals surface area contributed by atoms with E-state index in [0.29, 0.717) is 0 Å². The largest absolute Gasteiger partial charge is 0.306 e. The van der Waals surface area contributed by atoms with Crippen LogP contribution in [0.2, 0.25) is 0 Å². The lowest BCUT2D eigenvalue weighted by Gasteiger charge is -2.09. The molecule has 0 aliphatic carbocycles. The first-order valence-electron chi connectivity index (χ1n) is 5.99. The Labute approximate surface area is 99.6 Å². The molecule has 1 aromatic carbocycles. The van der Waals surface area contributed by atoms with Gasteiger partial charge in [0, 0.05) is 5.39 Å². The smallest absolute Gasteiger partial charge is 0.264 e. The maximum absolute atomic E-state index is 12.3. The van der Waals surface area contributed by atoms with Crippen molar-refractivity contribution in [1.29, 1.82) is 0 Å². The number of fused-ring (bicyclic) bond motifs is 1. The molecule has 4 nitrogen and oxygen atoms in total. The summed E-state index contributed by atoms with van der Waals surface area (Å²) >= 11 is 0. The van der Waals surface area contributed by atoms with Crippen LogP contribution < -0.4 is 5.32 Å². The van der Waals surface area contributed by atoms with E-state index in [9.17, 15) is 4.79 Å². The number of hydrogen-bond donors (Lipinski definition) is 1. The number of benzene rings is 1. The van der Waals surface area contributed by atoms with E-state index in [0.717, 1.165) is 36.0 Å². The number of rotatable bonds is 1. The SMILES string of the molecule is Cc1nn(C(=O)[C@@H]2CCCN2)c2ccccc12. The molecule has 0 saturated carbocycles. The van der Waals surface area contributed by atoms with Gasteiger partial charge in [-0.05, 0) is 32.4 Å². The van der Waals surface area contributed by atoms with Crippen LogP contribution in [-0.2, 0) is 0 Å². The van der Waals surface area contributed by atoms with Crippen LogP contribution in [0.1, 0.15) is 23.3 Å². The zero-order valence-corrected chi connectivity index (χ0v) is 9.81. The monoisotopic (exact) mass is 229 g/mol. The summed E-state index contributed by atoms with van der Waals surface area (Å²) in [5, 5.41) is 8.63. The van der Waals surface area contributed by atoms with Crippen molar-refractivity contribution in [3.8, 4) is 0 Å². The van der Waals surface area contributed by atoms with Crippen molar-refractivity contribution >= 4 is 16.8 Å². The fourth-order valence-corrected chi connectivity index (χ4v) is 2.43. The quantitative estimate of drug-likeness (QED) is 0.810. The molecule has 1 fully saturated rings. The molecule has 0 amide bonds. The second-order valence-corrected chi connectivity index (χ2v) is 4.50. The van der Waals surface area contributed by atoms with Crippen LogP contribution in [-0.4, -0.2) is 28.3 Å².